The van der Waals surface area contributed by atoms with Crippen LogP contribution in [0.2, 0.25) is 0 Å². The quantitative estimate of drug-likeness (QED) is 0.731. The number of aryl methyl sites for hydroxylation is 2. The Morgan fingerprint density at radius 3 is 2.53 bits per heavy atom. The van der Waals surface area contributed by atoms with Crippen molar-refractivity contribution in [2.24, 2.45) is 0 Å². The van der Waals surface area contributed by atoms with E-state index in [1.54, 1.807) is 7.11 Å². The molecule has 1 aromatic rings. The van der Waals surface area contributed by atoms with E-state index in [9.17, 15) is 0 Å². The van der Waals surface area contributed by atoms with Gasteiger partial charge in [0.15, 0.2) is 0 Å². The summed E-state index contributed by atoms with van der Waals surface area (Å²) in [5, 5.41) is 3.53. The highest BCUT2D eigenvalue weighted by atomic mass is 16.5. The molecule has 0 saturated carbocycles. The lowest BCUT2D eigenvalue weighted by atomic mass is 9.96. The van der Waals surface area contributed by atoms with Crippen LogP contribution in [0.3, 0.4) is 0 Å². The third-order valence-corrected chi connectivity index (χ3v) is 3.27. The fourth-order valence-electron chi connectivity index (χ4n) is 2.50. The SMILES string of the molecule is CCNC(CCOCC)c1c(C)cc(C)cc1OC. The molecule has 0 fully saturated rings. The van der Waals surface area contributed by atoms with Gasteiger partial charge in [-0.05, 0) is 50.9 Å². The molecule has 0 aromatic heterocycles. The Morgan fingerprint density at radius 1 is 1.21 bits per heavy atom. The van der Waals surface area contributed by atoms with Gasteiger partial charge in [-0.3, -0.25) is 0 Å². The molecule has 0 saturated heterocycles. The summed E-state index contributed by atoms with van der Waals surface area (Å²) in [7, 11) is 1.74. The summed E-state index contributed by atoms with van der Waals surface area (Å²) in [5.74, 6) is 0.972. The highest BCUT2D eigenvalue weighted by Gasteiger charge is 2.18. The molecule has 0 radical (unpaired) electrons. The first-order valence-electron chi connectivity index (χ1n) is 7.10. The fourth-order valence-corrected chi connectivity index (χ4v) is 2.50. The van der Waals surface area contributed by atoms with Crippen molar-refractivity contribution in [2.45, 2.75) is 40.2 Å². The molecule has 0 aliphatic carbocycles. The minimum Gasteiger partial charge on any atom is -0.496 e. The van der Waals surface area contributed by atoms with E-state index in [-0.39, 0.29) is 6.04 Å². The molecular formula is C16H27NO2. The van der Waals surface area contributed by atoms with Gasteiger partial charge in [-0.15, -0.1) is 0 Å². The average molecular weight is 265 g/mol. The smallest absolute Gasteiger partial charge is 0.124 e. The predicted octanol–water partition coefficient (Wildman–Crippen LogP) is 3.39. The molecule has 1 aromatic carbocycles. The maximum atomic E-state index is 5.56. The number of hydrogen-bond acceptors (Lipinski definition) is 3. The Bertz CT molecular complexity index is 391. The Morgan fingerprint density at radius 2 is 1.95 bits per heavy atom. The lowest BCUT2D eigenvalue weighted by Gasteiger charge is -2.23. The lowest BCUT2D eigenvalue weighted by Crippen LogP contribution is -2.24. The van der Waals surface area contributed by atoms with Crippen molar-refractivity contribution in [3.05, 3.63) is 28.8 Å². The van der Waals surface area contributed by atoms with Crippen molar-refractivity contribution in [1.29, 1.82) is 0 Å². The van der Waals surface area contributed by atoms with Gasteiger partial charge >= 0.3 is 0 Å². The maximum absolute atomic E-state index is 5.56. The Balaban J connectivity index is 2.99. The average Bonchev–Trinajstić information content (AvgIpc) is 2.37. The minimum atomic E-state index is 0.284. The zero-order valence-corrected chi connectivity index (χ0v) is 12.9. The first kappa shape index (κ1) is 16.0. The van der Waals surface area contributed by atoms with Gasteiger partial charge < -0.3 is 14.8 Å². The molecule has 0 heterocycles. The Kier molecular flexibility index (Phi) is 6.89. The second-order valence-electron chi connectivity index (χ2n) is 4.79. The van der Waals surface area contributed by atoms with E-state index in [2.05, 4.69) is 38.2 Å². The summed E-state index contributed by atoms with van der Waals surface area (Å²) >= 11 is 0. The molecule has 0 bridgehead atoms. The number of hydrogen-bond donors (Lipinski definition) is 1. The zero-order valence-electron chi connectivity index (χ0n) is 12.9. The van der Waals surface area contributed by atoms with Crippen LogP contribution < -0.4 is 10.1 Å². The van der Waals surface area contributed by atoms with Gasteiger partial charge in [0.1, 0.15) is 5.75 Å². The molecule has 3 nitrogen and oxygen atoms in total. The third-order valence-electron chi connectivity index (χ3n) is 3.27. The molecule has 0 aliphatic rings. The molecule has 1 N–H and O–H groups in total. The van der Waals surface area contributed by atoms with Crippen LogP contribution in [0.4, 0.5) is 0 Å². The van der Waals surface area contributed by atoms with E-state index in [4.69, 9.17) is 9.47 Å². The summed E-state index contributed by atoms with van der Waals surface area (Å²) < 4.78 is 11.0. The van der Waals surface area contributed by atoms with Crippen molar-refractivity contribution in [3.8, 4) is 5.75 Å². The van der Waals surface area contributed by atoms with Crippen molar-refractivity contribution in [3.63, 3.8) is 0 Å². The molecule has 108 valence electrons. The maximum Gasteiger partial charge on any atom is 0.124 e. The monoisotopic (exact) mass is 265 g/mol. The largest absolute Gasteiger partial charge is 0.496 e. The van der Waals surface area contributed by atoms with Crippen LogP contribution >= 0.6 is 0 Å². The summed E-state index contributed by atoms with van der Waals surface area (Å²) in [6.07, 6.45) is 0.960. The molecule has 1 unspecified atom stereocenters. The zero-order chi connectivity index (χ0) is 14.3. The number of nitrogens with one attached hydrogen (secondary N) is 1. The summed E-state index contributed by atoms with van der Waals surface area (Å²) in [4.78, 5) is 0. The highest BCUT2D eigenvalue weighted by Crippen LogP contribution is 2.31. The van der Waals surface area contributed by atoms with E-state index >= 15 is 0 Å². The first-order chi connectivity index (χ1) is 9.13. The molecule has 0 spiro atoms. The lowest BCUT2D eigenvalue weighted by molar-refractivity contribution is 0.136. The number of methoxy groups -OCH3 is 1. The van der Waals surface area contributed by atoms with Crippen molar-refractivity contribution in [2.75, 3.05) is 26.9 Å². The summed E-state index contributed by atoms with van der Waals surface area (Å²) in [6, 6.07) is 4.60. The van der Waals surface area contributed by atoms with E-state index < -0.39 is 0 Å². The molecule has 0 amide bonds. The van der Waals surface area contributed by atoms with Crippen LogP contribution in [0.25, 0.3) is 0 Å². The molecule has 0 aliphatic heterocycles. The molecule has 1 rings (SSSR count). The normalized spacial score (nSPS) is 12.5. The predicted molar refractivity (Wildman–Crippen MR) is 80.0 cm³/mol. The van der Waals surface area contributed by atoms with Gasteiger partial charge in [0.2, 0.25) is 0 Å². The second-order valence-corrected chi connectivity index (χ2v) is 4.79. The fraction of sp³-hybridized carbons (Fsp3) is 0.625. The minimum absolute atomic E-state index is 0.284. The number of ether oxygens (including phenoxy) is 2. The Labute approximate surface area is 117 Å². The van der Waals surface area contributed by atoms with Crippen molar-refractivity contribution in [1.82, 2.24) is 5.32 Å². The van der Waals surface area contributed by atoms with Gasteiger partial charge in [-0.2, -0.15) is 0 Å². The molecule has 3 heteroatoms. The number of rotatable bonds is 8. The van der Waals surface area contributed by atoms with E-state index in [0.717, 1.165) is 31.9 Å². The standard InChI is InChI=1S/C16H27NO2/c1-6-17-14(8-9-19-7-2)16-13(4)10-12(3)11-15(16)18-5/h10-11,14,17H,6-9H2,1-5H3. The van der Waals surface area contributed by atoms with E-state index in [0.29, 0.717) is 0 Å². The van der Waals surface area contributed by atoms with Gasteiger partial charge in [0.25, 0.3) is 0 Å². The van der Waals surface area contributed by atoms with Gasteiger partial charge in [0.05, 0.1) is 7.11 Å². The highest BCUT2D eigenvalue weighted by molar-refractivity contribution is 5.45. The van der Waals surface area contributed by atoms with Crippen LogP contribution in [0.5, 0.6) is 5.75 Å². The summed E-state index contributed by atoms with van der Waals surface area (Å²) in [5.41, 5.74) is 3.77. The molecular weight excluding hydrogens is 238 g/mol. The van der Waals surface area contributed by atoms with Crippen LogP contribution in [0, 0.1) is 13.8 Å². The molecule has 1 atom stereocenters. The summed E-state index contributed by atoms with van der Waals surface area (Å²) in [6.45, 7) is 10.9. The topological polar surface area (TPSA) is 30.5 Å². The first-order valence-corrected chi connectivity index (χ1v) is 7.10. The van der Waals surface area contributed by atoms with Crippen LogP contribution in [0.1, 0.15) is 43.0 Å². The van der Waals surface area contributed by atoms with Crippen LogP contribution in [0.15, 0.2) is 12.1 Å². The van der Waals surface area contributed by atoms with Gasteiger partial charge in [-0.25, -0.2) is 0 Å². The van der Waals surface area contributed by atoms with Gasteiger partial charge in [0, 0.05) is 24.8 Å². The van der Waals surface area contributed by atoms with Crippen LogP contribution in [-0.2, 0) is 4.74 Å². The van der Waals surface area contributed by atoms with Gasteiger partial charge in [-0.1, -0.05) is 13.0 Å². The van der Waals surface area contributed by atoms with Crippen LogP contribution in [-0.4, -0.2) is 26.9 Å². The second kappa shape index (κ2) is 8.18. The molecule has 19 heavy (non-hydrogen) atoms. The number of benzene rings is 1. The van der Waals surface area contributed by atoms with E-state index in [1.807, 2.05) is 6.92 Å². The third kappa shape index (κ3) is 4.51. The van der Waals surface area contributed by atoms with Crippen molar-refractivity contribution >= 4 is 0 Å². The Hall–Kier alpha value is -1.06. The van der Waals surface area contributed by atoms with Crippen molar-refractivity contribution < 1.29 is 9.47 Å². The van der Waals surface area contributed by atoms with E-state index in [1.165, 1.54) is 16.7 Å².